The number of thioether (sulfide) groups is 1. The van der Waals surface area contributed by atoms with Crippen molar-refractivity contribution in [3.8, 4) is 0 Å². The molecule has 52 valence electrons. The summed E-state index contributed by atoms with van der Waals surface area (Å²) >= 11 is 2.16. The third kappa shape index (κ3) is 0.507. The van der Waals surface area contributed by atoms with E-state index in [4.69, 9.17) is 0 Å². The largest absolute Gasteiger partial charge is 0.146 e. The average molecular weight is 150 g/mol. The Morgan fingerprint density at radius 3 is 2.90 bits per heavy atom. The van der Waals surface area contributed by atoms with Crippen molar-refractivity contribution in [2.24, 2.45) is 11.8 Å². The molecule has 0 spiro atoms. The van der Waals surface area contributed by atoms with E-state index in [1.165, 1.54) is 6.42 Å². The molecule has 0 aromatic carbocycles. The van der Waals surface area contributed by atoms with Gasteiger partial charge in [0.15, 0.2) is 0 Å². The summed E-state index contributed by atoms with van der Waals surface area (Å²) in [6.45, 7) is 0. The van der Waals surface area contributed by atoms with Crippen LogP contribution in [-0.4, -0.2) is 10.5 Å². The van der Waals surface area contributed by atoms with Crippen LogP contribution in [0.25, 0.3) is 0 Å². The molecule has 1 saturated heterocycles. The Bertz CT molecular complexity index is 217. The lowest BCUT2D eigenvalue weighted by Gasteiger charge is -2.17. The van der Waals surface area contributed by atoms with Crippen molar-refractivity contribution in [3.63, 3.8) is 0 Å². The summed E-state index contributed by atoms with van der Waals surface area (Å²) in [6, 6.07) is 0. The molecule has 2 heterocycles. The van der Waals surface area contributed by atoms with Crippen LogP contribution in [0.4, 0.5) is 0 Å². The predicted octanol–water partition coefficient (Wildman–Crippen LogP) is 2.23. The van der Waals surface area contributed by atoms with Gasteiger partial charge in [-0.2, -0.15) is 0 Å². The van der Waals surface area contributed by atoms with Crippen molar-refractivity contribution in [2.45, 2.75) is 16.9 Å². The van der Waals surface area contributed by atoms with Gasteiger partial charge in [-0.15, -0.1) is 11.8 Å². The Kier molecular flexibility index (Phi) is 0.933. The molecule has 3 rings (SSSR count). The summed E-state index contributed by atoms with van der Waals surface area (Å²) in [7, 11) is 0. The number of hydrogen-bond donors (Lipinski definition) is 0. The van der Waals surface area contributed by atoms with E-state index in [1.807, 2.05) is 0 Å². The summed E-state index contributed by atoms with van der Waals surface area (Å²) in [4.78, 5) is 0. The topological polar surface area (TPSA) is 0 Å². The van der Waals surface area contributed by atoms with Crippen molar-refractivity contribution in [3.05, 3.63) is 24.3 Å². The van der Waals surface area contributed by atoms with Crippen LogP contribution < -0.4 is 0 Å². The standard InChI is InChI=1S/C9H10S/c1-2-6-7(3-1)9-5-4-8(6)10-9/h1-2,4-9H,3H2. The van der Waals surface area contributed by atoms with E-state index in [2.05, 4.69) is 36.1 Å². The van der Waals surface area contributed by atoms with Gasteiger partial charge in [0.25, 0.3) is 0 Å². The molecule has 0 saturated carbocycles. The number of fused-ring (bicyclic) bond motifs is 5. The molecule has 1 heteroatoms. The number of allylic oxidation sites excluding steroid dienone is 2. The monoisotopic (exact) mass is 150 g/mol. The van der Waals surface area contributed by atoms with Crippen LogP contribution >= 0.6 is 11.8 Å². The van der Waals surface area contributed by atoms with E-state index in [-0.39, 0.29) is 0 Å². The Morgan fingerprint density at radius 2 is 2.00 bits per heavy atom. The van der Waals surface area contributed by atoms with Gasteiger partial charge in [-0.1, -0.05) is 24.3 Å². The first-order chi connectivity index (χ1) is 4.95. The van der Waals surface area contributed by atoms with Crippen LogP contribution in [0.5, 0.6) is 0 Å². The summed E-state index contributed by atoms with van der Waals surface area (Å²) in [5, 5.41) is 1.71. The van der Waals surface area contributed by atoms with E-state index in [0.717, 1.165) is 22.3 Å². The van der Waals surface area contributed by atoms with Crippen molar-refractivity contribution in [1.82, 2.24) is 0 Å². The lowest BCUT2D eigenvalue weighted by Crippen LogP contribution is -2.17. The Hall–Kier alpha value is -0.170. The normalized spacial score (nSPS) is 54.4. The highest BCUT2D eigenvalue weighted by Crippen LogP contribution is 2.53. The van der Waals surface area contributed by atoms with Gasteiger partial charge in [-0.3, -0.25) is 0 Å². The van der Waals surface area contributed by atoms with E-state index in [1.54, 1.807) is 0 Å². The lowest BCUT2D eigenvalue weighted by atomic mass is 9.86. The van der Waals surface area contributed by atoms with Gasteiger partial charge in [0.05, 0.1) is 0 Å². The van der Waals surface area contributed by atoms with E-state index >= 15 is 0 Å². The highest BCUT2D eigenvalue weighted by molar-refractivity contribution is 8.01. The van der Waals surface area contributed by atoms with Gasteiger partial charge in [0.2, 0.25) is 0 Å². The first-order valence-electron chi connectivity index (χ1n) is 3.95. The third-order valence-electron chi connectivity index (χ3n) is 2.87. The highest BCUT2D eigenvalue weighted by atomic mass is 32.2. The average Bonchev–Trinajstić information content (AvgIpc) is 2.60. The first-order valence-corrected chi connectivity index (χ1v) is 4.90. The van der Waals surface area contributed by atoms with Gasteiger partial charge >= 0.3 is 0 Å². The second kappa shape index (κ2) is 1.70. The van der Waals surface area contributed by atoms with Crippen LogP contribution in [0, 0.1) is 11.8 Å². The minimum atomic E-state index is 0.841. The van der Waals surface area contributed by atoms with E-state index < -0.39 is 0 Å². The molecule has 2 bridgehead atoms. The molecule has 10 heavy (non-hydrogen) atoms. The zero-order chi connectivity index (χ0) is 6.55. The Balaban J connectivity index is 2.04. The van der Waals surface area contributed by atoms with E-state index in [9.17, 15) is 0 Å². The van der Waals surface area contributed by atoms with Gasteiger partial charge in [0, 0.05) is 10.5 Å². The zero-order valence-electron chi connectivity index (χ0n) is 5.73. The molecule has 1 fully saturated rings. The Labute approximate surface area is 65.4 Å². The van der Waals surface area contributed by atoms with Crippen LogP contribution in [0.2, 0.25) is 0 Å². The molecule has 0 nitrogen and oxygen atoms in total. The van der Waals surface area contributed by atoms with Crippen molar-refractivity contribution in [1.29, 1.82) is 0 Å². The molecule has 0 radical (unpaired) electrons. The smallest absolute Gasteiger partial charge is 0.0299 e. The molecule has 3 aliphatic rings. The second-order valence-electron chi connectivity index (χ2n) is 3.36. The molecule has 2 aliphatic heterocycles. The molecular weight excluding hydrogens is 140 g/mol. The molecule has 4 unspecified atom stereocenters. The number of rotatable bonds is 0. The number of hydrogen-bond acceptors (Lipinski definition) is 1. The molecular formula is C9H10S. The van der Waals surface area contributed by atoms with Crippen LogP contribution in [-0.2, 0) is 0 Å². The SMILES string of the molecule is C1=CC2C3C=CC(S3)C2C1. The summed E-state index contributed by atoms with van der Waals surface area (Å²) in [5.74, 6) is 1.87. The fourth-order valence-corrected chi connectivity index (χ4v) is 4.05. The predicted molar refractivity (Wildman–Crippen MR) is 45.0 cm³/mol. The maximum absolute atomic E-state index is 2.42. The highest BCUT2D eigenvalue weighted by Gasteiger charge is 2.44. The second-order valence-corrected chi connectivity index (χ2v) is 4.72. The fraction of sp³-hybridized carbons (Fsp3) is 0.556. The molecule has 4 atom stereocenters. The molecule has 0 N–H and O–H groups in total. The maximum Gasteiger partial charge on any atom is 0.0299 e. The van der Waals surface area contributed by atoms with Gasteiger partial charge < -0.3 is 0 Å². The summed E-state index contributed by atoms with van der Waals surface area (Å²) in [6.07, 6.45) is 10.9. The fourth-order valence-electron chi connectivity index (χ4n) is 2.35. The third-order valence-corrected chi connectivity index (χ3v) is 4.47. The van der Waals surface area contributed by atoms with Crippen LogP contribution in [0.3, 0.4) is 0 Å². The van der Waals surface area contributed by atoms with Crippen LogP contribution in [0.15, 0.2) is 24.3 Å². The van der Waals surface area contributed by atoms with Crippen LogP contribution in [0.1, 0.15) is 6.42 Å². The molecule has 0 aromatic rings. The first kappa shape index (κ1) is 5.48. The van der Waals surface area contributed by atoms with Gasteiger partial charge in [0.1, 0.15) is 0 Å². The van der Waals surface area contributed by atoms with Gasteiger partial charge in [-0.05, 0) is 18.3 Å². The summed E-state index contributed by atoms with van der Waals surface area (Å²) in [5.41, 5.74) is 0. The van der Waals surface area contributed by atoms with Gasteiger partial charge in [-0.25, -0.2) is 0 Å². The zero-order valence-corrected chi connectivity index (χ0v) is 6.55. The molecule has 0 amide bonds. The minimum absolute atomic E-state index is 0.841. The molecule has 1 aliphatic carbocycles. The van der Waals surface area contributed by atoms with Crippen molar-refractivity contribution < 1.29 is 0 Å². The maximum atomic E-state index is 2.42. The minimum Gasteiger partial charge on any atom is -0.146 e. The van der Waals surface area contributed by atoms with E-state index in [0.29, 0.717) is 0 Å². The quantitative estimate of drug-likeness (QED) is 0.477. The van der Waals surface area contributed by atoms with Crippen molar-refractivity contribution >= 4 is 11.8 Å². The lowest BCUT2D eigenvalue weighted by molar-refractivity contribution is 0.462. The Morgan fingerprint density at radius 1 is 1.10 bits per heavy atom. The molecule has 0 aromatic heterocycles. The summed E-state index contributed by atoms with van der Waals surface area (Å²) < 4.78 is 0. The van der Waals surface area contributed by atoms with Crippen molar-refractivity contribution in [2.75, 3.05) is 0 Å².